The maximum Gasteiger partial charge on any atom is 0.410 e. The van der Waals surface area contributed by atoms with Crippen molar-refractivity contribution < 1.29 is 14.3 Å². The van der Waals surface area contributed by atoms with Crippen LogP contribution in [0.1, 0.15) is 51.7 Å². The van der Waals surface area contributed by atoms with E-state index in [1.165, 1.54) is 0 Å². The van der Waals surface area contributed by atoms with E-state index in [9.17, 15) is 9.59 Å². The van der Waals surface area contributed by atoms with Gasteiger partial charge in [-0.3, -0.25) is 4.79 Å². The van der Waals surface area contributed by atoms with Crippen LogP contribution in [0.25, 0.3) is 5.52 Å². The lowest BCUT2D eigenvalue weighted by Crippen LogP contribution is -2.45. The molecule has 2 fully saturated rings. The highest BCUT2D eigenvalue weighted by molar-refractivity contribution is 5.84. The molecule has 3 heterocycles. The fourth-order valence-electron chi connectivity index (χ4n) is 4.80. The normalized spacial score (nSPS) is 23.4. The highest BCUT2D eigenvalue weighted by Gasteiger charge is 2.61. The molecule has 1 N–H and O–H groups in total. The van der Waals surface area contributed by atoms with Crippen molar-refractivity contribution in [1.82, 2.24) is 19.6 Å². The highest BCUT2D eigenvalue weighted by atomic mass is 16.6. The zero-order chi connectivity index (χ0) is 22.0. The molecule has 0 unspecified atom stereocenters. The van der Waals surface area contributed by atoms with Crippen molar-refractivity contribution in [2.24, 2.45) is 17.8 Å². The van der Waals surface area contributed by atoms with Gasteiger partial charge in [-0.2, -0.15) is 0 Å². The Hall–Kier alpha value is -2.57. The molecular formula is C23H32N4O3. The van der Waals surface area contributed by atoms with E-state index < -0.39 is 11.1 Å². The molecule has 1 saturated carbocycles. The smallest absolute Gasteiger partial charge is 0.410 e. The average molecular weight is 413 g/mol. The molecule has 3 atom stereocenters. The number of ether oxygens (including phenoxy) is 1. The number of nitrogens with zero attached hydrogens (tertiary/aromatic N) is 3. The molecule has 0 bridgehead atoms. The number of fused-ring (bicyclic) bond motifs is 2. The second-order valence-electron chi connectivity index (χ2n) is 10.3. The fraction of sp³-hybridized carbons (Fsp3) is 0.609. The van der Waals surface area contributed by atoms with E-state index >= 15 is 0 Å². The lowest BCUT2D eigenvalue weighted by atomic mass is 10.0. The second-order valence-corrected chi connectivity index (χ2v) is 10.3. The van der Waals surface area contributed by atoms with E-state index in [4.69, 9.17) is 9.72 Å². The number of hydrogen-bond donors (Lipinski definition) is 1. The predicted molar refractivity (Wildman–Crippen MR) is 114 cm³/mol. The van der Waals surface area contributed by atoms with Crippen molar-refractivity contribution in [2.45, 2.75) is 59.6 Å². The van der Waals surface area contributed by atoms with Gasteiger partial charge in [0, 0.05) is 25.2 Å². The Morgan fingerprint density at radius 1 is 1.13 bits per heavy atom. The Morgan fingerprint density at radius 2 is 1.77 bits per heavy atom. The van der Waals surface area contributed by atoms with Gasteiger partial charge in [0.25, 0.3) is 0 Å². The molecule has 4 rings (SSSR count). The summed E-state index contributed by atoms with van der Waals surface area (Å²) in [5.74, 6) is 1.26. The number of pyridine rings is 1. The van der Waals surface area contributed by atoms with Crippen molar-refractivity contribution in [3.05, 3.63) is 35.4 Å². The number of hydrogen-bond acceptors (Lipinski definition) is 4. The number of carbonyl (C=O) groups is 2. The van der Waals surface area contributed by atoms with E-state index in [0.29, 0.717) is 13.1 Å². The lowest BCUT2D eigenvalue weighted by molar-refractivity contribution is -0.125. The number of amides is 2. The maximum absolute atomic E-state index is 13.0. The summed E-state index contributed by atoms with van der Waals surface area (Å²) in [6, 6.07) is 4.07. The van der Waals surface area contributed by atoms with Crippen molar-refractivity contribution in [2.75, 3.05) is 13.1 Å². The summed E-state index contributed by atoms with van der Waals surface area (Å²) in [5.41, 5.74) is 2.10. The van der Waals surface area contributed by atoms with Gasteiger partial charge in [-0.1, -0.05) is 6.07 Å². The first-order valence-corrected chi connectivity index (χ1v) is 10.6. The van der Waals surface area contributed by atoms with Gasteiger partial charge in [-0.15, -0.1) is 0 Å². The van der Waals surface area contributed by atoms with Crippen LogP contribution in [0.4, 0.5) is 4.79 Å². The monoisotopic (exact) mass is 412 g/mol. The number of nitrogens with one attached hydrogen (secondary N) is 1. The molecule has 2 aromatic heterocycles. The van der Waals surface area contributed by atoms with Crippen LogP contribution in [-0.2, 0) is 15.1 Å². The van der Waals surface area contributed by atoms with Crippen LogP contribution in [0.5, 0.6) is 0 Å². The van der Waals surface area contributed by atoms with Gasteiger partial charge in [0.05, 0.1) is 16.7 Å². The molecule has 7 nitrogen and oxygen atoms in total. The number of imidazole rings is 1. The van der Waals surface area contributed by atoms with E-state index in [1.807, 2.05) is 53.8 Å². The van der Waals surface area contributed by atoms with Crippen LogP contribution in [0, 0.1) is 31.6 Å². The lowest BCUT2D eigenvalue weighted by Gasteiger charge is -2.27. The van der Waals surface area contributed by atoms with Crippen molar-refractivity contribution in [3.8, 4) is 0 Å². The van der Waals surface area contributed by atoms with Gasteiger partial charge < -0.3 is 19.4 Å². The quantitative estimate of drug-likeness (QED) is 0.838. The summed E-state index contributed by atoms with van der Waals surface area (Å²) in [4.78, 5) is 31.8. The van der Waals surface area contributed by atoms with E-state index in [0.717, 1.165) is 22.6 Å². The SMILES string of the molecule is Cc1cccn2c(C(C)(C)NC(=O)[C@H]3[C@@H]4CN(C(=O)OC(C)(C)C)C[C@@H]43)nc(C)c12. The molecule has 30 heavy (non-hydrogen) atoms. The molecule has 1 aliphatic carbocycles. The van der Waals surface area contributed by atoms with Crippen molar-refractivity contribution in [1.29, 1.82) is 0 Å². The summed E-state index contributed by atoms with van der Waals surface area (Å²) in [6.45, 7) is 14.8. The van der Waals surface area contributed by atoms with Crippen molar-refractivity contribution >= 4 is 17.5 Å². The number of likely N-dealkylation sites (tertiary alicyclic amines) is 1. The Morgan fingerprint density at radius 3 is 2.37 bits per heavy atom. The first-order valence-electron chi connectivity index (χ1n) is 10.6. The van der Waals surface area contributed by atoms with Crippen LogP contribution in [0.2, 0.25) is 0 Å². The van der Waals surface area contributed by atoms with Crippen LogP contribution >= 0.6 is 0 Å². The van der Waals surface area contributed by atoms with E-state index in [1.54, 1.807) is 4.90 Å². The average Bonchev–Trinajstić information content (AvgIpc) is 2.95. The van der Waals surface area contributed by atoms with Gasteiger partial charge in [0.15, 0.2) is 0 Å². The van der Waals surface area contributed by atoms with Crippen LogP contribution in [0.3, 0.4) is 0 Å². The summed E-state index contributed by atoms with van der Waals surface area (Å²) >= 11 is 0. The van der Waals surface area contributed by atoms with Crippen LogP contribution in [-0.4, -0.2) is 45.0 Å². The van der Waals surface area contributed by atoms with Crippen LogP contribution < -0.4 is 5.32 Å². The van der Waals surface area contributed by atoms with Gasteiger partial charge >= 0.3 is 6.09 Å². The minimum absolute atomic E-state index is 0.0425. The minimum atomic E-state index is -0.607. The number of rotatable bonds is 3. The van der Waals surface area contributed by atoms with E-state index in [2.05, 4.69) is 22.7 Å². The van der Waals surface area contributed by atoms with Crippen molar-refractivity contribution in [3.63, 3.8) is 0 Å². The molecule has 2 amide bonds. The molecule has 0 spiro atoms. The third-order valence-electron chi connectivity index (χ3n) is 6.18. The topological polar surface area (TPSA) is 75.9 Å². The summed E-state index contributed by atoms with van der Waals surface area (Å²) < 4.78 is 7.53. The van der Waals surface area contributed by atoms with Gasteiger partial charge in [0.1, 0.15) is 11.4 Å². The first kappa shape index (κ1) is 20.7. The molecule has 1 saturated heterocycles. The maximum atomic E-state index is 13.0. The van der Waals surface area contributed by atoms with Gasteiger partial charge in [0.2, 0.25) is 5.91 Å². The number of aromatic nitrogens is 2. The summed E-state index contributed by atoms with van der Waals surface area (Å²) in [6.07, 6.45) is 1.71. The molecule has 7 heteroatoms. The Bertz CT molecular complexity index is 1010. The number of carbonyl (C=O) groups excluding carboxylic acids is 2. The fourth-order valence-corrected chi connectivity index (χ4v) is 4.80. The molecule has 0 aromatic carbocycles. The summed E-state index contributed by atoms with van der Waals surface area (Å²) in [7, 11) is 0. The largest absolute Gasteiger partial charge is 0.444 e. The Balaban J connectivity index is 1.43. The number of aryl methyl sites for hydroxylation is 2. The summed E-state index contributed by atoms with van der Waals surface area (Å²) in [5, 5.41) is 3.21. The molecule has 1 aliphatic heterocycles. The zero-order valence-corrected chi connectivity index (χ0v) is 18.9. The Labute approximate surface area is 177 Å². The molecule has 2 aromatic rings. The molecule has 0 radical (unpaired) electrons. The van der Waals surface area contributed by atoms with Crippen LogP contribution in [0.15, 0.2) is 18.3 Å². The third-order valence-corrected chi connectivity index (χ3v) is 6.18. The second kappa shape index (κ2) is 6.72. The standard InChI is InChI=1S/C23H32N4O3/c1-13-9-8-10-27-18(13)14(2)24-20(27)23(6,7)25-19(28)17-15-11-26(12-16(15)17)21(29)30-22(3,4)5/h8-10,15-17H,11-12H2,1-7H3,(H,25,28)/t15-,16+,17+. The minimum Gasteiger partial charge on any atom is -0.444 e. The molecular weight excluding hydrogens is 380 g/mol. The van der Waals surface area contributed by atoms with Gasteiger partial charge in [-0.25, -0.2) is 9.78 Å². The predicted octanol–water partition coefficient (Wildman–Crippen LogP) is 3.42. The highest BCUT2D eigenvalue weighted by Crippen LogP contribution is 2.52. The molecule has 2 aliphatic rings. The molecule has 162 valence electrons. The van der Waals surface area contributed by atoms with Gasteiger partial charge in [-0.05, 0) is 71.9 Å². The zero-order valence-electron chi connectivity index (χ0n) is 18.9. The third kappa shape index (κ3) is 3.55. The Kier molecular flexibility index (Phi) is 4.64. The number of piperidine rings is 1. The first-order chi connectivity index (χ1) is 13.9. The van der Waals surface area contributed by atoms with E-state index in [-0.39, 0.29) is 29.8 Å².